The zero-order valence-corrected chi connectivity index (χ0v) is 19.2. The molecule has 0 aliphatic carbocycles. The molecule has 4 unspecified atom stereocenters. The number of β-lactam (4-membered cyclic amide) rings is 1. The number of hydrogen-bond donors (Lipinski definition) is 3. The van der Waals surface area contributed by atoms with Gasteiger partial charge in [-0.25, -0.2) is 4.79 Å². The summed E-state index contributed by atoms with van der Waals surface area (Å²) in [5.41, 5.74) is 3.46. The molecule has 2 aromatic rings. The predicted molar refractivity (Wildman–Crippen MR) is 124 cm³/mol. The molecule has 4 atom stereocenters. The first-order chi connectivity index (χ1) is 15.8. The first-order valence-electron chi connectivity index (χ1n) is 10.7. The molecule has 3 aliphatic heterocycles. The highest BCUT2D eigenvalue weighted by molar-refractivity contribution is 8.02. The summed E-state index contributed by atoms with van der Waals surface area (Å²) in [6.07, 6.45) is -0.844. The minimum atomic E-state index is -0.974. The lowest BCUT2D eigenvalue weighted by atomic mass is 9.78. The summed E-state index contributed by atoms with van der Waals surface area (Å²) in [5, 5.41) is 30.9. The highest BCUT2D eigenvalue weighted by Crippen LogP contribution is 2.50. The van der Waals surface area contributed by atoms with Crippen LogP contribution in [0, 0.1) is 11.8 Å². The molecule has 9 nitrogen and oxygen atoms in total. The van der Waals surface area contributed by atoms with Crippen molar-refractivity contribution in [1.29, 1.82) is 0 Å². The summed E-state index contributed by atoms with van der Waals surface area (Å²) in [6.45, 7) is 3.76. The van der Waals surface area contributed by atoms with Crippen molar-refractivity contribution in [3.63, 3.8) is 0 Å². The molecule has 33 heavy (non-hydrogen) atoms. The van der Waals surface area contributed by atoms with Gasteiger partial charge in [0.05, 0.1) is 54.7 Å². The first-order valence-corrected chi connectivity index (χ1v) is 11.5. The molecule has 174 valence electrons. The Kier molecular flexibility index (Phi) is 5.28. The van der Waals surface area contributed by atoms with E-state index in [0.29, 0.717) is 12.1 Å². The molecule has 0 spiro atoms. The van der Waals surface area contributed by atoms with Gasteiger partial charge in [0.2, 0.25) is 5.91 Å². The summed E-state index contributed by atoms with van der Waals surface area (Å²) in [5.74, 6) is -2.13. The standard InChI is InChI=1S/C23H25N3O6S/c1-11-15(21(23(30)32-31)26-20(11)18(12(2)28)22(26)29)9-25-16-6-4-5-14-7-13(10-27)8-17(19(14)16)24(3)33-25/h4-8,11-12,18,20,27-28,31H,9-10H2,1-3H3. The maximum atomic E-state index is 12.7. The van der Waals surface area contributed by atoms with E-state index in [-0.39, 0.29) is 30.2 Å². The molecule has 3 aliphatic rings. The van der Waals surface area contributed by atoms with Crippen molar-refractivity contribution in [1.82, 2.24) is 4.90 Å². The Morgan fingerprint density at radius 1 is 1.27 bits per heavy atom. The van der Waals surface area contributed by atoms with Crippen LogP contribution in [-0.4, -0.2) is 58.0 Å². The summed E-state index contributed by atoms with van der Waals surface area (Å²) < 4.78 is 4.04. The van der Waals surface area contributed by atoms with Crippen LogP contribution in [0.15, 0.2) is 41.6 Å². The molecule has 3 heterocycles. The van der Waals surface area contributed by atoms with Gasteiger partial charge in [0.15, 0.2) is 0 Å². The minimum absolute atomic E-state index is 0.0498. The van der Waals surface area contributed by atoms with Crippen molar-refractivity contribution < 1.29 is 29.9 Å². The van der Waals surface area contributed by atoms with Crippen molar-refractivity contribution in [3.8, 4) is 0 Å². The van der Waals surface area contributed by atoms with Crippen LogP contribution in [0.5, 0.6) is 0 Å². The van der Waals surface area contributed by atoms with Gasteiger partial charge in [-0.05, 0) is 41.6 Å². The zero-order valence-electron chi connectivity index (χ0n) is 18.4. The SMILES string of the molecule is CC(O)C1C(=O)N2C(C(=O)OO)=C(CN3SN(C)c4cc(CO)cc5cccc3c45)C(C)C12. The van der Waals surface area contributed by atoms with Gasteiger partial charge < -0.3 is 19.4 Å². The Balaban J connectivity index is 1.58. The fourth-order valence-corrected chi connectivity index (χ4v) is 6.35. The second-order valence-electron chi connectivity index (χ2n) is 8.77. The largest absolute Gasteiger partial charge is 0.393 e. The summed E-state index contributed by atoms with van der Waals surface area (Å²) in [6, 6.07) is 9.48. The number of aliphatic hydroxyl groups is 2. The van der Waals surface area contributed by atoms with Crippen molar-refractivity contribution in [3.05, 3.63) is 47.2 Å². The quantitative estimate of drug-likeness (QED) is 0.262. The van der Waals surface area contributed by atoms with Crippen molar-refractivity contribution in [2.75, 3.05) is 22.2 Å². The lowest BCUT2D eigenvalue weighted by Crippen LogP contribution is -2.63. The van der Waals surface area contributed by atoms with Gasteiger partial charge >= 0.3 is 5.97 Å². The Bertz CT molecular complexity index is 1200. The number of hydrogen-bond acceptors (Lipinski definition) is 9. The van der Waals surface area contributed by atoms with Gasteiger partial charge in [-0.1, -0.05) is 19.1 Å². The third-order valence-electron chi connectivity index (χ3n) is 6.91. The molecule has 1 fully saturated rings. The fraction of sp³-hybridized carbons (Fsp3) is 0.391. The molecule has 0 aromatic heterocycles. The average Bonchev–Trinajstić information content (AvgIpc) is 3.03. The molecule has 2 aromatic carbocycles. The lowest BCUT2D eigenvalue weighted by Gasteiger charge is -2.46. The number of fused-ring (bicyclic) bond motifs is 1. The number of carbonyl (C=O) groups excluding carboxylic acids is 2. The van der Waals surface area contributed by atoms with Crippen LogP contribution in [0.3, 0.4) is 0 Å². The van der Waals surface area contributed by atoms with Crippen molar-refractivity contribution in [2.45, 2.75) is 32.6 Å². The first kappa shape index (κ1) is 22.0. The summed E-state index contributed by atoms with van der Waals surface area (Å²) in [7, 11) is 1.93. The fourth-order valence-electron chi connectivity index (χ4n) is 5.38. The van der Waals surface area contributed by atoms with E-state index in [0.717, 1.165) is 27.7 Å². The molecular weight excluding hydrogens is 446 g/mol. The van der Waals surface area contributed by atoms with Crippen LogP contribution >= 0.6 is 12.1 Å². The van der Waals surface area contributed by atoms with E-state index in [1.54, 1.807) is 6.92 Å². The third-order valence-corrected chi connectivity index (χ3v) is 7.88. The van der Waals surface area contributed by atoms with Crippen LogP contribution in [0.1, 0.15) is 19.4 Å². The van der Waals surface area contributed by atoms with E-state index < -0.39 is 18.0 Å². The highest BCUT2D eigenvalue weighted by atomic mass is 32.2. The van der Waals surface area contributed by atoms with Crippen LogP contribution in [0.2, 0.25) is 0 Å². The Morgan fingerprint density at radius 3 is 2.70 bits per heavy atom. The highest BCUT2D eigenvalue weighted by Gasteiger charge is 2.60. The molecule has 3 N–H and O–H groups in total. The smallest absolute Gasteiger partial charge is 0.389 e. The number of anilines is 2. The lowest BCUT2D eigenvalue weighted by molar-refractivity contribution is -0.232. The molecular formula is C23H25N3O6S. The normalized spacial score (nSPS) is 24.8. The maximum Gasteiger partial charge on any atom is 0.389 e. The number of nitrogens with zero attached hydrogens (tertiary/aromatic N) is 3. The molecule has 0 radical (unpaired) electrons. The minimum Gasteiger partial charge on any atom is -0.393 e. The second-order valence-corrected chi connectivity index (χ2v) is 9.92. The Labute approximate surface area is 195 Å². The number of rotatable bonds is 5. The van der Waals surface area contributed by atoms with Crippen molar-refractivity contribution in [2.24, 2.45) is 11.8 Å². The van der Waals surface area contributed by atoms with Gasteiger partial charge in [0.25, 0.3) is 0 Å². The average molecular weight is 472 g/mol. The monoisotopic (exact) mass is 471 g/mol. The van der Waals surface area contributed by atoms with Crippen LogP contribution in [-0.2, 0) is 21.1 Å². The Morgan fingerprint density at radius 2 is 2.03 bits per heavy atom. The van der Waals surface area contributed by atoms with Gasteiger partial charge in [-0.15, -0.1) is 0 Å². The Hall–Kier alpha value is -2.79. The van der Waals surface area contributed by atoms with E-state index in [4.69, 9.17) is 5.26 Å². The number of benzene rings is 2. The van der Waals surface area contributed by atoms with E-state index >= 15 is 0 Å². The topological polar surface area (TPSA) is 114 Å². The number of amides is 1. The molecule has 5 rings (SSSR count). The predicted octanol–water partition coefficient (Wildman–Crippen LogP) is 2.28. The summed E-state index contributed by atoms with van der Waals surface area (Å²) >= 11 is 1.45. The second kappa shape index (κ2) is 7.91. The molecule has 0 saturated carbocycles. The van der Waals surface area contributed by atoms with E-state index in [2.05, 4.69) is 4.89 Å². The third kappa shape index (κ3) is 3.12. The van der Waals surface area contributed by atoms with Crippen LogP contribution in [0.4, 0.5) is 11.4 Å². The van der Waals surface area contributed by atoms with Crippen LogP contribution < -0.4 is 8.61 Å². The van der Waals surface area contributed by atoms with Gasteiger partial charge in [0, 0.05) is 18.4 Å². The van der Waals surface area contributed by atoms with Crippen molar-refractivity contribution >= 4 is 46.2 Å². The molecule has 1 amide bonds. The molecule has 1 saturated heterocycles. The number of carbonyl (C=O) groups is 2. The summed E-state index contributed by atoms with van der Waals surface area (Å²) in [4.78, 5) is 30.6. The van der Waals surface area contributed by atoms with E-state index in [1.165, 1.54) is 17.0 Å². The van der Waals surface area contributed by atoms with Gasteiger partial charge in [-0.3, -0.25) is 14.0 Å². The van der Waals surface area contributed by atoms with Crippen LogP contribution in [0.25, 0.3) is 10.8 Å². The maximum absolute atomic E-state index is 12.7. The van der Waals surface area contributed by atoms with E-state index in [9.17, 15) is 19.8 Å². The van der Waals surface area contributed by atoms with Gasteiger partial charge in [-0.2, -0.15) is 5.26 Å². The number of aliphatic hydroxyl groups excluding tert-OH is 2. The van der Waals surface area contributed by atoms with Gasteiger partial charge in [0.1, 0.15) is 5.70 Å². The molecule has 10 heteroatoms. The molecule has 0 bridgehead atoms. The zero-order chi connectivity index (χ0) is 23.6. The van der Waals surface area contributed by atoms with E-state index in [1.807, 2.05) is 52.9 Å².